The van der Waals surface area contributed by atoms with Crippen molar-refractivity contribution in [3.8, 4) is 0 Å². The number of carboxylic acids is 1. The third-order valence-corrected chi connectivity index (χ3v) is 3.79. The molecule has 80 valence electrons. The molecule has 3 aliphatic heterocycles. The Morgan fingerprint density at radius 1 is 1.50 bits per heavy atom. The molecule has 0 aromatic rings. The molecule has 0 spiro atoms. The molecule has 0 amide bonds. The maximum atomic E-state index is 11.0. The van der Waals surface area contributed by atoms with E-state index >= 15 is 0 Å². The van der Waals surface area contributed by atoms with Crippen LogP contribution in [-0.4, -0.2) is 42.2 Å². The summed E-state index contributed by atoms with van der Waals surface area (Å²) in [5, 5.41) is 9.06. The lowest BCUT2D eigenvalue weighted by Gasteiger charge is -2.46. The zero-order valence-corrected chi connectivity index (χ0v) is 8.35. The molecule has 14 heavy (non-hydrogen) atoms. The molecule has 4 heteroatoms. The molecule has 2 unspecified atom stereocenters. The maximum Gasteiger partial charge on any atom is 0.308 e. The summed E-state index contributed by atoms with van der Waals surface area (Å²) < 4.78 is 0. The van der Waals surface area contributed by atoms with Gasteiger partial charge in [0.05, 0.1) is 5.92 Å². The summed E-state index contributed by atoms with van der Waals surface area (Å²) in [5.41, 5.74) is 5.54. The zero-order chi connectivity index (χ0) is 10.1. The Balaban J connectivity index is 2.06. The lowest BCUT2D eigenvalue weighted by Crippen LogP contribution is -2.52. The van der Waals surface area contributed by atoms with E-state index in [-0.39, 0.29) is 12.5 Å². The van der Waals surface area contributed by atoms with E-state index in [0.717, 1.165) is 32.5 Å². The molecule has 0 aromatic carbocycles. The van der Waals surface area contributed by atoms with Crippen molar-refractivity contribution in [1.82, 2.24) is 4.90 Å². The van der Waals surface area contributed by atoms with E-state index in [1.165, 1.54) is 0 Å². The average Bonchev–Trinajstić information content (AvgIpc) is 2.20. The average molecular weight is 198 g/mol. The second-order valence-electron chi connectivity index (χ2n) is 4.48. The first kappa shape index (κ1) is 9.93. The quantitative estimate of drug-likeness (QED) is 0.669. The molecule has 0 aliphatic carbocycles. The molecular weight excluding hydrogens is 180 g/mol. The van der Waals surface area contributed by atoms with Crippen molar-refractivity contribution in [2.45, 2.75) is 12.8 Å². The van der Waals surface area contributed by atoms with Crippen molar-refractivity contribution in [3.63, 3.8) is 0 Å². The Morgan fingerprint density at radius 3 is 2.50 bits per heavy atom. The molecule has 3 aliphatic rings. The molecular formula is C10H18N2O2. The minimum atomic E-state index is -0.716. The molecule has 0 saturated carbocycles. The van der Waals surface area contributed by atoms with Crippen molar-refractivity contribution in [3.05, 3.63) is 0 Å². The van der Waals surface area contributed by atoms with Gasteiger partial charge in [-0.3, -0.25) is 4.79 Å². The van der Waals surface area contributed by atoms with Gasteiger partial charge in [-0.05, 0) is 37.8 Å². The number of piperidine rings is 3. The standard InChI is InChI=1S/C10H18N2O2/c11-5-8(10(13)14)9-6-12-3-1-7(9)2-4-12/h7-9H,1-6,11H2,(H,13,14). The summed E-state index contributed by atoms with van der Waals surface area (Å²) in [6.07, 6.45) is 2.32. The van der Waals surface area contributed by atoms with Crippen molar-refractivity contribution < 1.29 is 9.90 Å². The third-order valence-electron chi connectivity index (χ3n) is 3.79. The van der Waals surface area contributed by atoms with Gasteiger partial charge in [-0.2, -0.15) is 0 Å². The van der Waals surface area contributed by atoms with Gasteiger partial charge in [0.25, 0.3) is 0 Å². The molecule has 3 saturated heterocycles. The van der Waals surface area contributed by atoms with Crippen molar-refractivity contribution in [2.24, 2.45) is 23.5 Å². The van der Waals surface area contributed by atoms with Crippen molar-refractivity contribution >= 4 is 5.97 Å². The summed E-state index contributed by atoms with van der Waals surface area (Å²) in [6, 6.07) is 0. The summed E-state index contributed by atoms with van der Waals surface area (Å²) >= 11 is 0. The number of carbonyl (C=O) groups is 1. The Kier molecular flexibility index (Phi) is 2.74. The predicted molar refractivity (Wildman–Crippen MR) is 52.8 cm³/mol. The number of hydrogen-bond acceptors (Lipinski definition) is 3. The van der Waals surface area contributed by atoms with E-state index in [4.69, 9.17) is 10.8 Å². The Labute approximate surface area is 84.1 Å². The molecule has 2 bridgehead atoms. The monoisotopic (exact) mass is 198 g/mol. The van der Waals surface area contributed by atoms with E-state index in [0.29, 0.717) is 11.8 Å². The smallest absolute Gasteiger partial charge is 0.308 e. The van der Waals surface area contributed by atoms with Gasteiger partial charge < -0.3 is 15.7 Å². The fraction of sp³-hybridized carbons (Fsp3) is 0.900. The first-order chi connectivity index (χ1) is 6.72. The van der Waals surface area contributed by atoms with Gasteiger partial charge in [0, 0.05) is 13.1 Å². The highest BCUT2D eigenvalue weighted by Crippen LogP contribution is 2.36. The van der Waals surface area contributed by atoms with E-state index < -0.39 is 5.97 Å². The molecule has 0 radical (unpaired) electrons. The second-order valence-corrected chi connectivity index (χ2v) is 4.48. The van der Waals surface area contributed by atoms with Crippen LogP contribution >= 0.6 is 0 Å². The molecule has 3 rings (SSSR count). The van der Waals surface area contributed by atoms with Crippen LogP contribution in [0.3, 0.4) is 0 Å². The highest BCUT2D eigenvalue weighted by molar-refractivity contribution is 5.70. The van der Waals surface area contributed by atoms with Crippen LogP contribution in [-0.2, 0) is 4.79 Å². The number of nitrogens with zero attached hydrogens (tertiary/aromatic N) is 1. The van der Waals surface area contributed by atoms with Crippen LogP contribution in [0.4, 0.5) is 0 Å². The minimum Gasteiger partial charge on any atom is -0.481 e. The lowest BCUT2D eigenvalue weighted by molar-refractivity contribution is -0.146. The summed E-state index contributed by atoms with van der Waals surface area (Å²) in [6.45, 7) is 3.53. The van der Waals surface area contributed by atoms with Crippen molar-refractivity contribution in [1.29, 1.82) is 0 Å². The predicted octanol–water partition coefficient (Wildman–Crippen LogP) is -0.0123. The van der Waals surface area contributed by atoms with Gasteiger partial charge in [-0.1, -0.05) is 0 Å². The fourth-order valence-electron chi connectivity index (χ4n) is 2.93. The summed E-state index contributed by atoms with van der Waals surface area (Å²) in [4.78, 5) is 13.4. The van der Waals surface area contributed by atoms with Gasteiger partial charge in [0.2, 0.25) is 0 Å². The molecule has 3 heterocycles. The largest absolute Gasteiger partial charge is 0.481 e. The molecule has 4 nitrogen and oxygen atoms in total. The lowest BCUT2D eigenvalue weighted by atomic mass is 9.72. The highest BCUT2D eigenvalue weighted by atomic mass is 16.4. The van der Waals surface area contributed by atoms with E-state index in [9.17, 15) is 4.79 Å². The van der Waals surface area contributed by atoms with Crippen molar-refractivity contribution in [2.75, 3.05) is 26.2 Å². The summed E-state index contributed by atoms with van der Waals surface area (Å²) in [5.74, 6) is -0.154. The van der Waals surface area contributed by atoms with Gasteiger partial charge in [0.1, 0.15) is 0 Å². The first-order valence-corrected chi connectivity index (χ1v) is 5.37. The van der Waals surface area contributed by atoms with Crippen LogP contribution in [0.2, 0.25) is 0 Å². The fourth-order valence-corrected chi connectivity index (χ4v) is 2.93. The maximum absolute atomic E-state index is 11.0. The molecule has 3 N–H and O–H groups in total. The topological polar surface area (TPSA) is 66.6 Å². The van der Waals surface area contributed by atoms with Crippen LogP contribution in [0.5, 0.6) is 0 Å². The molecule has 0 aromatic heterocycles. The van der Waals surface area contributed by atoms with Crippen LogP contribution in [0.25, 0.3) is 0 Å². The molecule has 2 atom stereocenters. The van der Waals surface area contributed by atoms with E-state index in [1.54, 1.807) is 0 Å². The Bertz CT molecular complexity index is 224. The van der Waals surface area contributed by atoms with Gasteiger partial charge in [-0.15, -0.1) is 0 Å². The number of nitrogens with two attached hydrogens (primary N) is 1. The zero-order valence-electron chi connectivity index (χ0n) is 8.35. The Morgan fingerprint density at radius 2 is 2.14 bits per heavy atom. The first-order valence-electron chi connectivity index (χ1n) is 5.37. The number of rotatable bonds is 3. The SMILES string of the molecule is NCC(C(=O)O)C1CN2CCC1CC2. The van der Waals surface area contributed by atoms with Crippen LogP contribution in [0.1, 0.15) is 12.8 Å². The highest BCUT2D eigenvalue weighted by Gasteiger charge is 2.40. The number of aliphatic carboxylic acids is 1. The van der Waals surface area contributed by atoms with Gasteiger partial charge in [-0.25, -0.2) is 0 Å². The number of fused-ring (bicyclic) bond motifs is 3. The van der Waals surface area contributed by atoms with Gasteiger partial charge in [0.15, 0.2) is 0 Å². The van der Waals surface area contributed by atoms with Crippen LogP contribution < -0.4 is 5.73 Å². The normalized spacial score (nSPS) is 38.2. The van der Waals surface area contributed by atoms with Gasteiger partial charge >= 0.3 is 5.97 Å². The third kappa shape index (κ3) is 1.64. The Hall–Kier alpha value is -0.610. The van der Waals surface area contributed by atoms with Crippen LogP contribution in [0, 0.1) is 17.8 Å². The number of carboxylic acid groups (broad SMARTS) is 1. The second kappa shape index (κ2) is 3.87. The summed E-state index contributed by atoms with van der Waals surface area (Å²) in [7, 11) is 0. The minimum absolute atomic E-state index is 0.282. The number of hydrogen-bond donors (Lipinski definition) is 2. The van der Waals surface area contributed by atoms with E-state index in [2.05, 4.69) is 4.90 Å². The van der Waals surface area contributed by atoms with E-state index in [1.807, 2.05) is 0 Å². The molecule has 3 fully saturated rings. The van der Waals surface area contributed by atoms with Crippen LogP contribution in [0.15, 0.2) is 0 Å².